The fourth-order valence-electron chi connectivity index (χ4n) is 3.20. The molecule has 0 bridgehead atoms. The molecule has 1 aliphatic rings. The number of allylic oxidation sites excluding steroid dienone is 4. The fourth-order valence-corrected chi connectivity index (χ4v) is 3.20. The maximum absolute atomic E-state index is 12.2. The van der Waals surface area contributed by atoms with Gasteiger partial charge in [0.25, 0.3) is 5.91 Å². The number of aromatic nitrogens is 1. The molecule has 1 aromatic heterocycles. The van der Waals surface area contributed by atoms with Crippen LogP contribution in [0.5, 0.6) is 0 Å². The molecular formula is C21H28N4O. The molecule has 5 nitrogen and oxygen atoms in total. The van der Waals surface area contributed by atoms with Gasteiger partial charge in [0.05, 0.1) is 11.1 Å². The van der Waals surface area contributed by atoms with Crippen molar-refractivity contribution in [3.63, 3.8) is 0 Å². The first-order valence-electron chi connectivity index (χ1n) is 8.84. The fraction of sp³-hybridized carbons (Fsp3) is 0.286. The van der Waals surface area contributed by atoms with Crippen molar-refractivity contribution in [1.29, 1.82) is 0 Å². The number of primary amides is 1. The summed E-state index contributed by atoms with van der Waals surface area (Å²) in [5.74, 6) is 0.449. The quantitative estimate of drug-likeness (QED) is 0.655. The zero-order valence-electron chi connectivity index (χ0n) is 15.7. The second-order valence-corrected chi connectivity index (χ2v) is 6.05. The smallest absolute Gasteiger partial charge is 0.253 e. The molecular weight excluding hydrogens is 324 g/mol. The first kappa shape index (κ1) is 19.5. The van der Waals surface area contributed by atoms with Crippen LogP contribution >= 0.6 is 0 Å². The van der Waals surface area contributed by atoms with Crippen molar-refractivity contribution in [2.24, 2.45) is 5.73 Å². The second-order valence-electron chi connectivity index (χ2n) is 6.05. The minimum atomic E-state index is -0.401. The van der Waals surface area contributed by atoms with Crippen molar-refractivity contribution in [2.75, 3.05) is 31.1 Å². The van der Waals surface area contributed by atoms with Crippen molar-refractivity contribution < 1.29 is 4.79 Å². The van der Waals surface area contributed by atoms with Crippen LogP contribution in [0.1, 0.15) is 24.2 Å². The lowest BCUT2D eigenvalue weighted by atomic mass is 10.1. The maximum Gasteiger partial charge on any atom is 0.253 e. The summed E-state index contributed by atoms with van der Waals surface area (Å²) in [6, 6.07) is 7.84. The number of benzene rings is 1. The van der Waals surface area contributed by atoms with E-state index in [9.17, 15) is 4.79 Å². The Bertz CT molecular complexity index is 826. The molecule has 3 rings (SSSR count). The Balaban J connectivity index is 0.000000758. The number of piperazine rings is 1. The summed E-state index contributed by atoms with van der Waals surface area (Å²) in [6.45, 7) is 14.8. The number of carbonyl (C=O) groups is 1. The number of rotatable bonds is 4. The molecule has 0 aliphatic carbocycles. The van der Waals surface area contributed by atoms with Crippen LogP contribution in [0.4, 0.5) is 5.82 Å². The van der Waals surface area contributed by atoms with E-state index in [1.54, 1.807) is 6.08 Å². The molecule has 1 fully saturated rings. The van der Waals surface area contributed by atoms with Gasteiger partial charge in [0.2, 0.25) is 0 Å². The highest BCUT2D eigenvalue weighted by Gasteiger charge is 2.26. The van der Waals surface area contributed by atoms with Crippen molar-refractivity contribution in [3.05, 3.63) is 61.2 Å². The molecule has 26 heavy (non-hydrogen) atoms. The molecule has 0 saturated carbocycles. The number of nitrogens with zero attached hydrogens (tertiary/aromatic N) is 2. The Kier molecular flexibility index (Phi) is 6.81. The van der Waals surface area contributed by atoms with Gasteiger partial charge in [-0.25, -0.2) is 0 Å². The van der Waals surface area contributed by atoms with Crippen molar-refractivity contribution in [2.45, 2.75) is 13.8 Å². The molecule has 138 valence electrons. The largest absolute Gasteiger partial charge is 0.365 e. The third-order valence-electron chi connectivity index (χ3n) is 4.16. The second kappa shape index (κ2) is 9.06. The number of hydrogen-bond donors (Lipinski definition) is 2. The highest BCUT2D eigenvalue weighted by atomic mass is 16.1. The summed E-state index contributed by atoms with van der Waals surface area (Å²) in [6.07, 6.45) is 5.64. The Hall–Kier alpha value is -2.79. The predicted molar refractivity (Wildman–Crippen MR) is 112 cm³/mol. The van der Waals surface area contributed by atoms with Gasteiger partial charge in [-0.2, -0.15) is 0 Å². The van der Waals surface area contributed by atoms with Gasteiger partial charge in [0.1, 0.15) is 5.82 Å². The summed E-state index contributed by atoms with van der Waals surface area (Å²) in [4.78, 5) is 14.4. The Morgan fingerprint density at radius 3 is 2.42 bits per heavy atom. The lowest BCUT2D eigenvalue weighted by Gasteiger charge is -2.31. The average molecular weight is 352 g/mol. The van der Waals surface area contributed by atoms with Gasteiger partial charge in [0.15, 0.2) is 0 Å². The van der Waals surface area contributed by atoms with Crippen LogP contribution in [0.2, 0.25) is 0 Å². The van der Waals surface area contributed by atoms with E-state index in [0.29, 0.717) is 5.56 Å². The van der Waals surface area contributed by atoms with Crippen LogP contribution in [0.25, 0.3) is 16.6 Å². The van der Waals surface area contributed by atoms with Crippen molar-refractivity contribution in [3.8, 4) is 0 Å². The minimum absolute atomic E-state index is 0.401. The highest BCUT2D eigenvalue weighted by Crippen LogP contribution is 2.35. The molecule has 1 aliphatic heterocycles. The Morgan fingerprint density at radius 1 is 1.23 bits per heavy atom. The normalized spacial score (nSPS) is 14.2. The van der Waals surface area contributed by atoms with Crippen LogP contribution in [0.15, 0.2) is 55.7 Å². The third-order valence-corrected chi connectivity index (χ3v) is 4.16. The van der Waals surface area contributed by atoms with Gasteiger partial charge in [-0.15, -0.1) is 6.58 Å². The molecule has 2 heterocycles. The number of para-hydroxylation sites is 1. The summed E-state index contributed by atoms with van der Waals surface area (Å²) in [5.41, 5.74) is 8.09. The first-order chi connectivity index (χ1) is 12.6. The molecule has 0 atom stereocenters. The zero-order chi connectivity index (χ0) is 19.1. The van der Waals surface area contributed by atoms with Gasteiger partial charge in [0, 0.05) is 37.3 Å². The topological polar surface area (TPSA) is 63.3 Å². The van der Waals surface area contributed by atoms with E-state index in [1.807, 2.05) is 54.8 Å². The number of amides is 1. The minimum Gasteiger partial charge on any atom is -0.365 e. The van der Waals surface area contributed by atoms with Gasteiger partial charge in [-0.1, -0.05) is 36.9 Å². The van der Waals surface area contributed by atoms with E-state index < -0.39 is 5.91 Å². The third kappa shape index (κ3) is 3.89. The van der Waals surface area contributed by atoms with E-state index in [2.05, 4.69) is 23.4 Å². The molecule has 1 aromatic carbocycles. The van der Waals surface area contributed by atoms with Crippen LogP contribution in [-0.2, 0) is 0 Å². The first-order valence-corrected chi connectivity index (χ1v) is 8.84. The predicted octanol–water partition coefficient (Wildman–Crippen LogP) is 3.39. The molecule has 0 spiro atoms. The zero-order valence-corrected chi connectivity index (χ0v) is 15.7. The molecule has 3 N–H and O–H groups in total. The number of nitrogens with two attached hydrogens (primary N) is 1. The number of anilines is 1. The van der Waals surface area contributed by atoms with Crippen LogP contribution in [0, 0.1) is 0 Å². The van der Waals surface area contributed by atoms with Gasteiger partial charge >= 0.3 is 0 Å². The number of nitrogens with one attached hydrogen (secondary N) is 1. The number of fused-ring (bicyclic) bond motifs is 1. The molecule has 2 aromatic rings. The Labute approximate surface area is 155 Å². The molecule has 0 radical (unpaired) electrons. The van der Waals surface area contributed by atoms with Crippen molar-refractivity contribution >= 4 is 28.3 Å². The standard InChI is InChI=1S/C18H22N4O.C3H6/c1-3-6-13(2)22-15-8-5-4-7-14(15)16(17(19)23)18(22)21-11-9-20-10-12-21;1-3-2/h3-8,20H,2,9-12H2,1H3,(H2,19,23);3H,1H2,2H3/b6-3-;. The van der Waals surface area contributed by atoms with E-state index in [1.165, 1.54) is 0 Å². The number of hydrogen-bond acceptors (Lipinski definition) is 3. The summed E-state index contributed by atoms with van der Waals surface area (Å²) >= 11 is 0. The van der Waals surface area contributed by atoms with Crippen molar-refractivity contribution in [1.82, 2.24) is 9.88 Å². The molecule has 1 saturated heterocycles. The van der Waals surface area contributed by atoms with Crippen LogP contribution < -0.4 is 16.0 Å². The number of carbonyl (C=O) groups excluding carboxylic acids is 1. The maximum atomic E-state index is 12.2. The molecule has 0 unspecified atom stereocenters. The SMILES string of the molecule is C=C(/C=C\C)n1c(N2CCNCC2)c(C(N)=O)c2ccccc21.C=CC. The molecule has 5 heteroatoms. The summed E-state index contributed by atoms with van der Waals surface area (Å²) in [7, 11) is 0. The van der Waals surface area contributed by atoms with Gasteiger partial charge in [-0.3, -0.25) is 9.36 Å². The average Bonchev–Trinajstić information content (AvgIpc) is 2.99. The van der Waals surface area contributed by atoms with E-state index in [4.69, 9.17) is 5.73 Å². The van der Waals surface area contributed by atoms with Crippen LogP contribution in [0.3, 0.4) is 0 Å². The summed E-state index contributed by atoms with van der Waals surface area (Å²) < 4.78 is 2.04. The highest BCUT2D eigenvalue weighted by molar-refractivity contribution is 6.12. The van der Waals surface area contributed by atoms with Gasteiger partial charge < -0.3 is 16.0 Å². The monoisotopic (exact) mass is 352 g/mol. The van der Waals surface area contributed by atoms with E-state index in [-0.39, 0.29) is 0 Å². The lowest BCUT2D eigenvalue weighted by Crippen LogP contribution is -2.45. The Morgan fingerprint density at radius 2 is 1.85 bits per heavy atom. The van der Waals surface area contributed by atoms with Crippen LogP contribution in [-0.4, -0.2) is 36.7 Å². The lowest BCUT2D eigenvalue weighted by molar-refractivity contribution is 0.100. The van der Waals surface area contributed by atoms with E-state index in [0.717, 1.165) is 48.6 Å². The summed E-state index contributed by atoms with van der Waals surface area (Å²) in [5, 5.41) is 4.21. The van der Waals surface area contributed by atoms with Gasteiger partial charge in [-0.05, 0) is 26.0 Å². The van der Waals surface area contributed by atoms with E-state index >= 15 is 0 Å². The molecule has 1 amide bonds.